The molecule has 10 heteroatoms. The number of aromatic nitrogens is 4. The smallest absolute Gasteiger partial charge is 0.242 e. The van der Waals surface area contributed by atoms with E-state index in [1.165, 1.54) is 35.1 Å². The Bertz CT molecular complexity index is 981. The van der Waals surface area contributed by atoms with Gasteiger partial charge in [-0.1, -0.05) is 0 Å². The Labute approximate surface area is 158 Å². The second-order valence-corrected chi connectivity index (χ2v) is 6.58. The molecular formula is C18H18F3N5O2. The molecule has 3 aromatic heterocycles. The number of aliphatic hydroxyl groups excluding tert-OH is 1. The highest BCUT2D eigenvalue weighted by Gasteiger charge is 2.25. The molecule has 148 valence electrons. The first-order valence-corrected chi connectivity index (χ1v) is 8.81. The minimum absolute atomic E-state index is 0.133. The lowest BCUT2D eigenvalue weighted by Crippen LogP contribution is -2.42. The van der Waals surface area contributed by atoms with Crippen LogP contribution in [0.1, 0.15) is 12.0 Å². The zero-order valence-corrected chi connectivity index (χ0v) is 14.7. The first kappa shape index (κ1) is 18.6. The molecule has 0 amide bonds. The molecule has 0 aliphatic carbocycles. The van der Waals surface area contributed by atoms with Crippen molar-refractivity contribution in [2.75, 3.05) is 18.5 Å². The number of alkyl halides is 2. The summed E-state index contributed by atoms with van der Waals surface area (Å²) in [5, 5.41) is 17.3. The molecule has 1 fully saturated rings. The molecule has 0 unspecified atom stereocenters. The van der Waals surface area contributed by atoms with E-state index < -0.39 is 24.8 Å². The largest absolute Gasteiger partial charge is 0.389 e. The molecule has 4 rings (SSSR count). The zero-order valence-electron chi connectivity index (χ0n) is 14.7. The van der Waals surface area contributed by atoms with Gasteiger partial charge in [-0.3, -0.25) is 4.98 Å². The molecule has 0 radical (unpaired) electrons. The molecule has 1 saturated heterocycles. The van der Waals surface area contributed by atoms with Gasteiger partial charge in [0.05, 0.1) is 36.3 Å². The molecule has 1 aliphatic rings. The van der Waals surface area contributed by atoms with Gasteiger partial charge in [0.15, 0.2) is 5.82 Å². The van der Waals surface area contributed by atoms with Crippen molar-refractivity contribution in [3.63, 3.8) is 0 Å². The van der Waals surface area contributed by atoms with Gasteiger partial charge in [-0.05, 0) is 24.1 Å². The lowest BCUT2D eigenvalue weighted by Gasteiger charge is -2.28. The highest BCUT2D eigenvalue weighted by molar-refractivity contribution is 5.65. The lowest BCUT2D eigenvalue weighted by molar-refractivity contribution is -0.0136. The molecule has 7 nitrogen and oxygen atoms in total. The van der Waals surface area contributed by atoms with Crippen LogP contribution in [0.15, 0.2) is 30.6 Å². The van der Waals surface area contributed by atoms with E-state index in [9.17, 15) is 18.3 Å². The van der Waals surface area contributed by atoms with Crippen LogP contribution in [0, 0.1) is 5.82 Å². The number of fused-ring (bicyclic) bond motifs is 1. The fourth-order valence-corrected chi connectivity index (χ4v) is 3.18. The number of aliphatic hydroxyl groups is 1. The van der Waals surface area contributed by atoms with E-state index in [0.29, 0.717) is 30.0 Å². The van der Waals surface area contributed by atoms with E-state index in [1.54, 1.807) is 0 Å². The molecule has 3 aromatic rings. The van der Waals surface area contributed by atoms with Crippen molar-refractivity contribution in [1.82, 2.24) is 19.6 Å². The van der Waals surface area contributed by atoms with Gasteiger partial charge in [0.1, 0.15) is 5.52 Å². The highest BCUT2D eigenvalue weighted by atomic mass is 19.3. The first-order chi connectivity index (χ1) is 13.5. The third kappa shape index (κ3) is 3.78. The van der Waals surface area contributed by atoms with Crippen molar-refractivity contribution in [2.45, 2.75) is 31.4 Å². The minimum atomic E-state index is -2.49. The van der Waals surface area contributed by atoms with Crippen LogP contribution < -0.4 is 5.32 Å². The van der Waals surface area contributed by atoms with Crippen molar-refractivity contribution in [1.29, 1.82) is 0 Å². The first-order valence-electron chi connectivity index (χ1n) is 8.81. The van der Waals surface area contributed by atoms with Gasteiger partial charge in [0, 0.05) is 25.3 Å². The molecule has 0 aromatic carbocycles. The third-order valence-corrected chi connectivity index (χ3v) is 4.59. The van der Waals surface area contributed by atoms with Gasteiger partial charge in [-0.2, -0.15) is 0 Å². The standard InChI is InChI=1S/C18H18F3N5O2/c19-11-7-14(13-5-10(1-3-22-13)6-17(20)21)26-15(11)8-23-18(25-26)24-12-2-4-28-9-16(12)27/h1,3,5,7-8,12,16-17,27H,2,4,6,9H2,(H,24,25)/t12-,16-/m1/s1. The van der Waals surface area contributed by atoms with E-state index in [0.717, 1.165) is 0 Å². The Kier molecular flexibility index (Phi) is 5.14. The number of pyridine rings is 1. The summed E-state index contributed by atoms with van der Waals surface area (Å²) in [7, 11) is 0. The van der Waals surface area contributed by atoms with E-state index >= 15 is 0 Å². The Hall–Kier alpha value is -2.72. The predicted octanol–water partition coefficient (Wildman–Crippen LogP) is 2.30. The molecule has 2 atom stereocenters. The maximum Gasteiger partial charge on any atom is 0.242 e. The number of halogens is 3. The number of anilines is 1. The van der Waals surface area contributed by atoms with Crippen LogP contribution in [-0.2, 0) is 11.2 Å². The van der Waals surface area contributed by atoms with Crippen molar-refractivity contribution in [2.24, 2.45) is 0 Å². The molecule has 0 saturated carbocycles. The number of nitrogens with zero attached hydrogens (tertiary/aromatic N) is 4. The molecule has 0 bridgehead atoms. The van der Waals surface area contributed by atoms with Crippen LogP contribution in [0.5, 0.6) is 0 Å². The maximum absolute atomic E-state index is 14.3. The summed E-state index contributed by atoms with van der Waals surface area (Å²) in [6, 6.07) is 3.94. The van der Waals surface area contributed by atoms with E-state index in [1.807, 2.05) is 0 Å². The summed E-state index contributed by atoms with van der Waals surface area (Å²) in [6.07, 6.45) is -0.301. The fraction of sp³-hybridized carbons (Fsp3) is 0.389. The van der Waals surface area contributed by atoms with Crippen LogP contribution in [0.3, 0.4) is 0 Å². The summed E-state index contributed by atoms with van der Waals surface area (Å²) in [4.78, 5) is 8.27. The summed E-state index contributed by atoms with van der Waals surface area (Å²) in [5.41, 5.74) is 1.18. The second-order valence-electron chi connectivity index (χ2n) is 6.58. The second kappa shape index (κ2) is 7.72. The van der Waals surface area contributed by atoms with Gasteiger partial charge < -0.3 is 15.2 Å². The van der Waals surface area contributed by atoms with Crippen molar-refractivity contribution in [3.05, 3.63) is 42.0 Å². The number of ether oxygens (including phenoxy) is 1. The quantitative estimate of drug-likeness (QED) is 0.692. The summed E-state index contributed by atoms with van der Waals surface area (Å²) in [5.74, 6) is -0.340. The molecule has 0 spiro atoms. The molecule has 2 N–H and O–H groups in total. The number of hydrogen-bond acceptors (Lipinski definition) is 6. The normalized spacial score (nSPS) is 20.0. The number of rotatable bonds is 5. The highest BCUT2D eigenvalue weighted by Crippen LogP contribution is 2.25. The number of nitrogens with one attached hydrogen (secondary N) is 1. The molecule has 28 heavy (non-hydrogen) atoms. The van der Waals surface area contributed by atoms with E-state index in [2.05, 4.69) is 20.4 Å². The minimum Gasteiger partial charge on any atom is -0.389 e. The summed E-state index contributed by atoms with van der Waals surface area (Å²) in [6.45, 7) is 0.714. The average molecular weight is 393 g/mol. The van der Waals surface area contributed by atoms with Gasteiger partial charge in [0.2, 0.25) is 12.4 Å². The summed E-state index contributed by atoms with van der Waals surface area (Å²) < 4.78 is 46.2. The number of hydrogen-bond donors (Lipinski definition) is 2. The molecule has 4 heterocycles. The van der Waals surface area contributed by atoms with Crippen LogP contribution in [0.25, 0.3) is 16.9 Å². The Morgan fingerprint density at radius 2 is 2.18 bits per heavy atom. The SMILES string of the molecule is O[C@@H]1COCC[C@H]1Nc1ncc2c(F)cc(-c3cc(CC(F)F)ccn3)n2n1. The molecular weight excluding hydrogens is 375 g/mol. The molecule has 1 aliphatic heterocycles. The lowest BCUT2D eigenvalue weighted by atomic mass is 10.1. The van der Waals surface area contributed by atoms with E-state index in [4.69, 9.17) is 4.74 Å². The van der Waals surface area contributed by atoms with Crippen molar-refractivity contribution in [3.8, 4) is 11.4 Å². The van der Waals surface area contributed by atoms with Crippen molar-refractivity contribution >= 4 is 11.5 Å². The van der Waals surface area contributed by atoms with Crippen LogP contribution >= 0.6 is 0 Å². The van der Waals surface area contributed by atoms with Crippen LogP contribution in [-0.4, -0.2) is 56.5 Å². The Morgan fingerprint density at radius 1 is 1.32 bits per heavy atom. The van der Waals surface area contributed by atoms with Crippen LogP contribution in [0.4, 0.5) is 19.1 Å². The predicted molar refractivity (Wildman–Crippen MR) is 94.7 cm³/mol. The third-order valence-electron chi connectivity index (χ3n) is 4.59. The van der Waals surface area contributed by atoms with Crippen molar-refractivity contribution < 1.29 is 23.0 Å². The summed E-state index contributed by atoms with van der Waals surface area (Å²) >= 11 is 0. The van der Waals surface area contributed by atoms with Gasteiger partial charge in [-0.15, -0.1) is 5.10 Å². The van der Waals surface area contributed by atoms with E-state index in [-0.39, 0.29) is 24.1 Å². The Morgan fingerprint density at radius 3 is 2.96 bits per heavy atom. The monoisotopic (exact) mass is 393 g/mol. The van der Waals surface area contributed by atoms with Gasteiger partial charge >= 0.3 is 0 Å². The Balaban J connectivity index is 1.69. The van der Waals surface area contributed by atoms with Crippen LogP contribution in [0.2, 0.25) is 0 Å². The maximum atomic E-state index is 14.3. The topological polar surface area (TPSA) is 84.6 Å². The average Bonchev–Trinajstić information content (AvgIpc) is 3.00. The fourth-order valence-electron chi connectivity index (χ4n) is 3.18. The van der Waals surface area contributed by atoms with Gasteiger partial charge in [-0.25, -0.2) is 22.7 Å². The zero-order chi connectivity index (χ0) is 19.7. The van der Waals surface area contributed by atoms with Gasteiger partial charge in [0.25, 0.3) is 0 Å².